The standard InChI is InChI=1S/C27H22O/c1-19-13-15-22(16-14-19)25-18-24(21-9-5-3-6-10-21)17-20(2)26(25)27(28)23-11-7-4-8-12-23/h3-18H,1-2H3. The highest BCUT2D eigenvalue weighted by Crippen LogP contribution is 2.33. The highest BCUT2D eigenvalue weighted by molar-refractivity contribution is 6.14. The molecule has 0 spiro atoms. The average molecular weight is 362 g/mol. The fourth-order valence-electron chi connectivity index (χ4n) is 3.58. The van der Waals surface area contributed by atoms with Crippen molar-refractivity contribution in [2.24, 2.45) is 0 Å². The van der Waals surface area contributed by atoms with E-state index in [1.807, 2.05) is 55.5 Å². The van der Waals surface area contributed by atoms with E-state index < -0.39 is 0 Å². The van der Waals surface area contributed by atoms with Gasteiger partial charge in [-0.3, -0.25) is 4.79 Å². The van der Waals surface area contributed by atoms with Gasteiger partial charge in [0, 0.05) is 11.1 Å². The molecule has 4 aromatic carbocycles. The van der Waals surface area contributed by atoms with Gasteiger partial charge in [0.2, 0.25) is 0 Å². The number of carbonyl (C=O) groups excluding carboxylic acids is 1. The Morgan fingerprint density at radius 3 is 1.86 bits per heavy atom. The molecule has 4 rings (SSSR count). The van der Waals surface area contributed by atoms with Crippen molar-refractivity contribution in [3.05, 3.63) is 119 Å². The summed E-state index contributed by atoms with van der Waals surface area (Å²) in [5, 5.41) is 0. The zero-order valence-electron chi connectivity index (χ0n) is 16.1. The summed E-state index contributed by atoms with van der Waals surface area (Å²) in [5.74, 6) is 0.0632. The van der Waals surface area contributed by atoms with E-state index in [0.717, 1.165) is 33.4 Å². The number of aryl methyl sites for hydroxylation is 2. The Bertz CT molecular complexity index is 1110. The predicted molar refractivity (Wildman–Crippen MR) is 117 cm³/mol. The Kier molecular flexibility index (Phi) is 4.90. The van der Waals surface area contributed by atoms with Crippen LogP contribution < -0.4 is 0 Å². The molecule has 1 nitrogen and oxygen atoms in total. The molecule has 0 atom stereocenters. The monoisotopic (exact) mass is 362 g/mol. The van der Waals surface area contributed by atoms with Crippen molar-refractivity contribution in [2.75, 3.05) is 0 Å². The van der Waals surface area contributed by atoms with Crippen LogP contribution >= 0.6 is 0 Å². The lowest BCUT2D eigenvalue weighted by molar-refractivity contribution is 0.103. The number of rotatable bonds is 4. The molecule has 0 aliphatic carbocycles. The van der Waals surface area contributed by atoms with Crippen LogP contribution in [0.2, 0.25) is 0 Å². The molecule has 4 aromatic rings. The maximum absolute atomic E-state index is 13.4. The summed E-state index contributed by atoms with van der Waals surface area (Å²) in [6.45, 7) is 4.10. The minimum absolute atomic E-state index is 0.0632. The minimum atomic E-state index is 0.0632. The van der Waals surface area contributed by atoms with Crippen LogP contribution in [0.15, 0.2) is 97.1 Å². The molecular formula is C27H22O. The second-order valence-corrected chi connectivity index (χ2v) is 7.14. The molecule has 0 amide bonds. The van der Waals surface area contributed by atoms with Gasteiger partial charge in [-0.15, -0.1) is 0 Å². The van der Waals surface area contributed by atoms with E-state index >= 15 is 0 Å². The lowest BCUT2D eigenvalue weighted by Crippen LogP contribution is -2.06. The van der Waals surface area contributed by atoms with E-state index in [4.69, 9.17) is 0 Å². The van der Waals surface area contributed by atoms with Crippen molar-refractivity contribution in [1.29, 1.82) is 0 Å². The first-order valence-corrected chi connectivity index (χ1v) is 9.50. The molecule has 0 heterocycles. The third-order valence-corrected chi connectivity index (χ3v) is 5.07. The van der Waals surface area contributed by atoms with Crippen molar-refractivity contribution in [1.82, 2.24) is 0 Å². The first kappa shape index (κ1) is 17.9. The Morgan fingerprint density at radius 2 is 1.21 bits per heavy atom. The lowest BCUT2D eigenvalue weighted by atomic mass is 9.87. The first-order valence-electron chi connectivity index (χ1n) is 9.50. The summed E-state index contributed by atoms with van der Waals surface area (Å²) in [7, 11) is 0. The van der Waals surface area contributed by atoms with E-state index in [-0.39, 0.29) is 5.78 Å². The normalized spacial score (nSPS) is 10.6. The van der Waals surface area contributed by atoms with Crippen LogP contribution in [-0.4, -0.2) is 5.78 Å². The van der Waals surface area contributed by atoms with Crippen LogP contribution in [0, 0.1) is 13.8 Å². The molecule has 0 N–H and O–H groups in total. The average Bonchev–Trinajstić information content (AvgIpc) is 2.74. The second-order valence-electron chi connectivity index (χ2n) is 7.14. The minimum Gasteiger partial charge on any atom is -0.289 e. The van der Waals surface area contributed by atoms with E-state index in [0.29, 0.717) is 5.56 Å². The molecule has 0 fully saturated rings. The molecule has 0 saturated heterocycles. The van der Waals surface area contributed by atoms with Gasteiger partial charge in [-0.2, -0.15) is 0 Å². The van der Waals surface area contributed by atoms with Crippen LogP contribution in [0.1, 0.15) is 27.0 Å². The largest absolute Gasteiger partial charge is 0.289 e. The SMILES string of the molecule is Cc1ccc(-c2cc(-c3ccccc3)cc(C)c2C(=O)c2ccccc2)cc1. The summed E-state index contributed by atoms with van der Waals surface area (Å²) < 4.78 is 0. The van der Waals surface area contributed by atoms with E-state index in [1.54, 1.807) is 0 Å². The molecule has 0 radical (unpaired) electrons. The van der Waals surface area contributed by atoms with E-state index in [1.165, 1.54) is 5.56 Å². The molecule has 0 aliphatic heterocycles. The van der Waals surface area contributed by atoms with Crippen LogP contribution in [0.4, 0.5) is 0 Å². The van der Waals surface area contributed by atoms with Gasteiger partial charge in [0.25, 0.3) is 0 Å². The maximum atomic E-state index is 13.4. The van der Waals surface area contributed by atoms with Crippen molar-refractivity contribution in [3.63, 3.8) is 0 Å². The highest BCUT2D eigenvalue weighted by Gasteiger charge is 2.19. The lowest BCUT2D eigenvalue weighted by Gasteiger charge is -2.16. The fraction of sp³-hybridized carbons (Fsp3) is 0.0741. The third kappa shape index (κ3) is 3.52. The molecule has 0 aromatic heterocycles. The predicted octanol–water partition coefficient (Wildman–Crippen LogP) is 6.87. The van der Waals surface area contributed by atoms with Gasteiger partial charge in [0.15, 0.2) is 5.78 Å². The van der Waals surface area contributed by atoms with Crippen LogP contribution in [-0.2, 0) is 0 Å². The number of ketones is 1. The molecule has 0 bridgehead atoms. The Morgan fingerprint density at radius 1 is 0.607 bits per heavy atom. The van der Waals surface area contributed by atoms with Crippen LogP contribution in [0.5, 0.6) is 0 Å². The second kappa shape index (κ2) is 7.66. The molecule has 0 aliphatic rings. The zero-order chi connectivity index (χ0) is 19.5. The Labute approximate surface area is 166 Å². The van der Waals surface area contributed by atoms with Crippen LogP contribution in [0.3, 0.4) is 0 Å². The topological polar surface area (TPSA) is 17.1 Å². The fourth-order valence-corrected chi connectivity index (χ4v) is 3.58. The summed E-state index contributed by atoms with van der Waals surface area (Å²) >= 11 is 0. The summed E-state index contributed by atoms with van der Waals surface area (Å²) in [6, 6.07) is 32.5. The van der Waals surface area contributed by atoms with E-state index in [2.05, 4.69) is 55.5 Å². The van der Waals surface area contributed by atoms with Crippen LogP contribution in [0.25, 0.3) is 22.3 Å². The summed E-state index contributed by atoms with van der Waals surface area (Å²) in [5.41, 5.74) is 8.00. The highest BCUT2D eigenvalue weighted by atomic mass is 16.1. The molecule has 0 saturated carbocycles. The van der Waals surface area contributed by atoms with Crippen molar-refractivity contribution in [3.8, 4) is 22.3 Å². The molecule has 136 valence electrons. The third-order valence-electron chi connectivity index (χ3n) is 5.07. The quantitative estimate of drug-likeness (QED) is 0.362. The van der Waals surface area contributed by atoms with Gasteiger partial charge in [-0.25, -0.2) is 0 Å². The van der Waals surface area contributed by atoms with Crippen molar-refractivity contribution >= 4 is 5.78 Å². The molecule has 1 heteroatoms. The maximum Gasteiger partial charge on any atom is 0.193 e. The van der Waals surface area contributed by atoms with Gasteiger partial charge >= 0.3 is 0 Å². The Hall–Kier alpha value is -3.45. The Balaban J connectivity index is 1.94. The van der Waals surface area contributed by atoms with Gasteiger partial charge in [0.05, 0.1) is 0 Å². The number of carbonyl (C=O) groups is 1. The van der Waals surface area contributed by atoms with Gasteiger partial charge < -0.3 is 0 Å². The number of hydrogen-bond acceptors (Lipinski definition) is 1. The molecular weight excluding hydrogens is 340 g/mol. The van der Waals surface area contributed by atoms with Gasteiger partial charge in [-0.05, 0) is 47.7 Å². The van der Waals surface area contributed by atoms with Gasteiger partial charge in [-0.1, -0.05) is 96.6 Å². The molecule has 0 unspecified atom stereocenters. The molecule has 28 heavy (non-hydrogen) atoms. The number of benzene rings is 4. The number of hydrogen-bond donors (Lipinski definition) is 0. The summed E-state index contributed by atoms with van der Waals surface area (Å²) in [4.78, 5) is 13.4. The van der Waals surface area contributed by atoms with Crippen molar-refractivity contribution < 1.29 is 4.79 Å². The smallest absolute Gasteiger partial charge is 0.193 e. The first-order chi connectivity index (χ1) is 13.6. The van der Waals surface area contributed by atoms with Crippen molar-refractivity contribution in [2.45, 2.75) is 13.8 Å². The van der Waals surface area contributed by atoms with Gasteiger partial charge in [0.1, 0.15) is 0 Å². The van der Waals surface area contributed by atoms with E-state index in [9.17, 15) is 4.79 Å². The summed E-state index contributed by atoms with van der Waals surface area (Å²) in [6.07, 6.45) is 0. The zero-order valence-corrected chi connectivity index (χ0v) is 16.1.